The maximum atomic E-state index is 11.7. The number of carbonyl (C=O) groups excluding carboxylic acids is 2. The zero-order valence-electron chi connectivity index (χ0n) is 14.2. The molecule has 0 radical (unpaired) electrons. The lowest BCUT2D eigenvalue weighted by Gasteiger charge is -2.14. The summed E-state index contributed by atoms with van der Waals surface area (Å²) >= 11 is 0. The van der Waals surface area contributed by atoms with Crippen molar-refractivity contribution >= 4 is 17.8 Å². The number of amides is 2. The van der Waals surface area contributed by atoms with E-state index in [1.165, 1.54) is 0 Å². The summed E-state index contributed by atoms with van der Waals surface area (Å²) in [7, 11) is 0. The van der Waals surface area contributed by atoms with Crippen LogP contribution in [0.15, 0.2) is 30.3 Å². The molecule has 0 aliphatic carbocycles. The van der Waals surface area contributed by atoms with Crippen molar-refractivity contribution in [1.82, 2.24) is 10.6 Å². The van der Waals surface area contributed by atoms with Crippen LogP contribution in [0.3, 0.4) is 0 Å². The van der Waals surface area contributed by atoms with Crippen LogP contribution in [0, 0.1) is 11.8 Å². The molecule has 0 saturated heterocycles. The zero-order chi connectivity index (χ0) is 17.9. The van der Waals surface area contributed by atoms with Gasteiger partial charge in [-0.05, 0) is 24.3 Å². The summed E-state index contributed by atoms with van der Waals surface area (Å²) in [6.45, 7) is 3.96. The van der Waals surface area contributed by atoms with Gasteiger partial charge in [-0.25, -0.2) is 0 Å². The fourth-order valence-electron chi connectivity index (χ4n) is 2.13. The minimum atomic E-state index is -0.958. The highest BCUT2D eigenvalue weighted by Gasteiger charge is 2.19. The van der Waals surface area contributed by atoms with Gasteiger partial charge in [0.25, 0.3) is 0 Å². The molecule has 6 nitrogen and oxygen atoms in total. The lowest BCUT2D eigenvalue weighted by atomic mass is 9.99. The molecular formula is C18H26N2O4. The van der Waals surface area contributed by atoms with Gasteiger partial charge in [0.15, 0.2) is 0 Å². The van der Waals surface area contributed by atoms with E-state index >= 15 is 0 Å². The van der Waals surface area contributed by atoms with Crippen LogP contribution in [0.1, 0.15) is 32.3 Å². The van der Waals surface area contributed by atoms with Gasteiger partial charge in [0.1, 0.15) is 0 Å². The average Bonchev–Trinajstić information content (AvgIpc) is 2.55. The van der Waals surface area contributed by atoms with Crippen molar-refractivity contribution in [3.05, 3.63) is 35.9 Å². The SMILES string of the molecule is CC(C)CCC(=O)NCC(=O)NCC(Cc1ccccc1)C(=O)O. The summed E-state index contributed by atoms with van der Waals surface area (Å²) in [5.41, 5.74) is 0.904. The Hall–Kier alpha value is -2.37. The van der Waals surface area contributed by atoms with Crippen LogP contribution in [0.5, 0.6) is 0 Å². The molecular weight excluding hydrogens is 308 g/mol. The smallest absolute Gasteiger partial charge is 0.308 e. The molecule has 6 heteroatoms. The molecule has 0 heterocycles. The number of rotatable bonds is 10. The number of carboxylic acid groups (broad SMARTS) is 1. The van der Waals surface area contributed by atoms with Gasteiger partial charge < -0.3 is 15.7 Å². The molecule has 132 valence electrons. The highest BCUT2D eigenvalue weighted by atomic mass is 16.4. The fourth-order valence-corrected chi connectivity index (χ4v) is 2.13. The molecule has 1 unspecified atom stereocenters. The first-order valence-electron chi connectivity index (χ1n) is 8.18. The largest absolute Gasteiger partial charge is 0.481 e. The molecule has 3 N–H and O–H groups in total. The number of carboxylic acids is 1. The average molecular weight is 334 g/mol. The molecule has 1 atom stereocenters. The Bertz CT molecular complexity index is 543. The monoisotopic (exact) mass is 334 g/mol. The molecule has 1 aromatic carbocycles. The van der Waals surface area contributed by atoms with E-state index in [2.05, 4.69) is 10.6 Å². The Morgan fingerprint density at radius 3 is 2.29 bits per heavy atom. The predicted molar refractivity (Wildman–Crippen MR) is 91.4 cm³/mol. The maximum absolute atomic E-state index is 11.7. The van der Waals surface area contributed by atoms with Crippen molar-refractivity contribution in [2.75, 3.05) is 13.1 Å². The Kier molecular flexibility index (Phi) is 8.54. The lowest BCUT2D eigenvalue weighted by molar-refractivity contribution is -0.141. The summed E-state index contributed by atoms with van der Waals surface area (Å²) < 4.78 is 0. The lowest BCUT2D eigenvalue weighted by Crippen LogP contribution is -2.40. The van der Waals surface area contributed by atoms with Gasteiger partial charge in [0.05, 0.1) is 12.5 Å². The molecule has 24 heavy (non-hydrogen) atoms. The van der Waals surface area contributed by atoms with E-state index in [9.17, 15) is 19.5 Å². The third-order valence-electron chi connectivity index (χ3n) is 3.61. The van der Waals surface area contributed by atoms with Crippen LogP contribution in [0.2, 0.25) is 0 Å². The molecule has 0 spiro atoms. The van der Waals surface area contributed by atoms with E-state index in [1.54, 1.807) is 0 Å². The van der Waals surface area contributed by atoms with E-state index < -0.39 is 11.9 Å². The molecule has 2 amide bonds. The van der Waals surface area contributed by atoms with Crippen LogP contribution in [0.4, 0.5) is 0 Å². The van der Waals surface area contributed by atoms with Gasteiger partial charge in [-0.1, -0.05) is 44.2 Å². The molecule has 0 fully saturated rings. The first-order valence-corrected chi connectivity index (χ1v) is 8.18. The van der Waals surface area contributed by atoms with Crippen LogP contribution in [0.25, 0.3) is 0 Å². The second kappa shape index (κ2) is 10.4. The van der Waals surface area contributed by atoms with Gasteiger partial charge >= 0.3 is 5.97 Å². The third-order valence-corrected chi connectivity index (χ3v) is 3.61. The van der Waals surface area contributed by atoms with E-state index in [-0.39, 0.29) is 24.9 Å². The van der Waals surface area contributed by atoms with Gasteiger partial charge in [-0.2, -0.15) is 0 Å². The number of benzene rings is 1. The van der Waals surface area contributed by atoms with Crippen molar-refractivity contribution in [2.45, 2.75) is 33.1 Å². The van der Waals surface area contributed by atoms with Crippen LogP contribution in [-0.4, -0.2) is 36.0 Å². The Balaban J connectivity index is 2.34. The molecule has 0 saturated carbocycles. The molecule has 1 rings (SSSR count). The van der Waals surface area contributed by atoms with E-state index in [1.807, 2.05) is 44.2 Å². The van der Waals surface area contributed by atoms with Crippen molar-refractivity contribution in [2.24, 2.45) is 11.8 Å². The highest BCUT2D eigenvalue weighted by Crippen LogP contribution is 2.08. The molecule has 0 bridgehead atoms. The summed E-state index contributed by atoms with van der Waals surface area (Å²) in [6, 6.07) is 9.27. The second-order valence-corrected chi connectivity index (χ2v) is 6.24. The summed E-state index contributed by atoms with van der Waals surface area (Å²) in [4.78, 5) is 34.6. The zero-order valence-corrected chi connectivity index (χ0v) is 14.2. The Labute approximate surface area is 142 Å². The second-order valence-electron chi connectivity index (χ2n) is 6.24. The number of hydrogen-bond donors (Lipinski definition) is 3. The predicted octanol–water partition coefficient (Wildman–Crippen LogP) is 1.60. The number of hydrogen-bond acceptors (Lipinski definition) is 3. The number of carbonyl (C=O) groups is 3. The van der Waals surface area contributed by atoms with Crippen molar-refractivity contribution in [3.8, 4) is 0 Å². The third kappa shape index (κ3) is 8.31. The van der Waals surface area contributed by atoms with Gasteiger partial charge in [0.2, 0.25) is 11.8 Å². The summed E-state index contributed by atoms with van der Waals surface area (Å²) in [5, 5.41) is 14.4. The normalized spacial score (nSPS) is 11.8. The van der Waals surface area contributed by atoms with Gasteiger partial charge in [0, 0.05) is 13.0 Å². The highest BCUT2D eigenvalue weighted by molar-refractivity contribution is 5.85. The van der Waals surface area contributed by atoms with E-state index in [4.69, 9.17) is 0 Å². The first kappa shape index (κ1) is 19.7. The number of aliphatic carboxylic acids is 1. The molecule has 0 aliphatic rings. The molecule has 0 aliphatic heterocycles. The van der Waals surface area contributed by atoms with Crippen LogP contribution >= 0.6 is 0 Å². The van der Waals surface area contributed by atoms with Crippen molar-refractivity contribution in [1.29, 1.82) is 0 Å². The van der Waals surface area contributed by atoms with Gasteiger partial charge in [-0.3, -0.25) is 14.4 Å². The van der Waals surface area contributed by atoms with Crippen molar-refractivity contribution in [3.63, 3.8) is 0 Å². The van der Waals surface area contributed by atoms with Crippen LogP contribution < -0.4 is 10.6 Å². The minimum absolute atomic E-state index is 0.0327. The Morgan fingerprint density at radius 2 is 1.71 bits per heavy atom. The van der Waals surface area contributed by atoms with Crippen LogP contribution in [-0.2, 0) is 20.8 Å². The van der Waals surface area contributed by atoms with Gasteiger partial charge in [-0.15, -0.1) is 0 Å². The quantitative estimate of drug-likeness (QED) is 0.605. The van der Waals surface area contributed by atoms with E-state index in [0.717, 1.165) is 12.0 Å². The molecule has 0 aromatic heterocycles. The standard InChI is InChI=1S/C18H26N2O4/c1-13(2)8-9-16(21)20-12-17(22)19-11-15(18(23)24)10-14-6-4-3-5-7-14/h3-7,13,15H,8-12H2,1-2H3,(H,19,22)(H,20,21)(H,23,24). The maximum Gasteiger partial charge on any atom is 0.308 e. The van der Waals surface area contributed by atoms with E-state index in [0.29, 0.717) is 18.8 Å². The summed E-state index contributed by atoms with van der Waals surface area (Å²) in [5.74, 6) is -1.78. The Morgan fingerprint density at radius 1 is 1.04 bits per heavy atom. The fraction of sp³-hybridized carbons (Fsp3) is 0.500. The minimum Gasteiger partial charge on any atom is -0.481 e. The number of nitrogens with one attached hydrogen (secondary N) is 2. The van der Waals surface area contributed by atoms with Crippen molar-refractivity contribution < 1.29 is 19.5 Å². The first-order chi connectivity index (χ1) is 11.4. The summed E-state index contributed by atoms with van der Waals surface area (Å²) in [6.07, 6.45) is 1.50. The topological polar surface area (TPSA) is 95.5 Å². The molecule has 1 aromatic rings.